The van der Waals surface area contributed by atoms with E-state index >= 15 is 0 Å². The predicted octanol–water partition coefficient (Wildman–Crippen LogP) is 1.79. The summed E-state index contributed by atoms with van der Waals surface area (Å²) in [6.45, 7) is 2.13. The van der Waals surface area contributed by atoms with Crippen LogP contribution in [0.1, 0.15) is 45.4 Å². The summed E-state index contributed by atoms with van der Waals surface area (Å²) in [6.07, 6.45) is 5.37. The molecular weight excluding hydrogens is 218 g/mol. The van der Waals surface area contributed by atoms with Gasteiger partial charge in [0.25, 0.3) is 0 Å². The lowest BCUT2D eigenvalue weighted by Gasteiger charge is -2.19. The Morgan fingerprint density at radius 3 is 2.47 bits per heavy atom. The standard InChI is InChI=1S/C13H21NO3/c1-8-3-2-4-11(8)12(15)14-10-6-5-9(7-10)13(16)17/h8-11H,2-7H2,1H3,(H,14,15)(H,16,17)/t8?,9-,10+,11?/m1/s1. The molecule has 1 amide bonds. The van der Waals surface area contributed by atoms with Gasteiger partial charge < -0.3 is 10.4 Å². The third kappa shape index (κ3) is 2.79. The second kappa shape index (κ2) is 5.07. The van der Waals surface area contributed by atoms with E-state index in [4.69, 9.17) is 5.11 Å². The van der Waals surface area contributed by atoms with Crippen LogP contribution in [0.2, 0.25) is 0 Å². The van der Waals surface area contributed by atoms with E-state index in [1.165, 1.54) is 0 Å². The van der Waals surface area contributed by atoms with E-state index in [1.54, 1.807) is 0 Å². The van der Waals surface area contributed by atoms with Crippen LogP contribution in [0.5, 0.6) is 0 Å². The van der Waals surface area contributed by atoms with Gasteiger partial charge in [0, 0.05) is 12.0 Å². The molecule has 2 aliphatic rings. The Balaban J connectivity index is 1.82. The van der Waals surface area contributed by atoms with Gasteiger partial charge in [0.1, 0.15) is 0 Å². The van der Waals surface area contributed by atoms with Crippen LogP contribution in [0.4, 0.5) is 0 Å². The topological polar surface area (TPSA) is 66.4 Å². The normalized spacial score (nSPS) is 37.0. The summed E-state index contributed by atoms with van der Waals surface area (Å²) in [5, 5.41) is 11.9. The Kier molecular flexibility index (Phi) is 3.69. The van der Waals surface area contributed by atoms with Crippen molar-refractivity contribution in [3.63, 3.8) is 0 Å². The molecule has 4 atom stereocenters. The van der Waals surface area contributed by atoms with Crippen LogP contribution in [0.3, 0.4) is 0 Å². The highest BCUT2D eigenvalue weighted by Crippen LogP contribution is 2.32. The molecule has 2 unspecified atom stereocenters. The predicted molar refractivity (Wildman–Crippen MR) is 63.4 cm³/mol. The number of carboxylic acid groups (broad SMARTS) is 1. The molecule has 0 bridgehead atoms. The van der Waals surface area contributed by atoms with Crippen molar-refractivity contribution in [2.45, 2.75) is 51.5 Å². The third-order valence-corrected chi connectivity index (χ3v) is 4.33. The molecule has 0 radical (unpaired) electrons. The second-order valence-electron chi connectivity index (χ2n) is 5.57. The van der Waals surface area contributed by atoms with E-state index in [0.29, 0.717) is 18.8 Å². The smallest absolute Gasteiger partial charge is 0.306 e. The van der Waals surface area contributed by atoms with E-state index in [2.05, 4.69) is 12.2 Å². The maximum atomic E-state index is 12.0. The molecule has 0 spiro atoms. The molecule has 2 rings (SSSR count). The van der Waals surface area contributed by atoms with Crippen LogP contribution in [0.15, 0.2) is 0 Å². The first kappa shape index (κ1) is 12.4. The van der Waals surface area contributed by atoms with E-state index in [1.807, 2.05) is 0 Å². The number of hydrogen-bond acceptors (Lipinski definition) is 2. The lowest BCUT2D eigenvalue weighted by atomic mass is 9.97. The summed E-state index contributed by atoms with van der Waals surface area (Å²) < 4.78 is 0. The van der Waals surface area contributed by atoms with Gasteiger partial charge in [-0.3, -0.25) is 9.59 Å². The first-order chi connectivity index (χ1) is 8.08. The number of hydrogen-bond donors (Lipinski definition) is 2. The molecule has 2 saturated carbocycles. The lowest BCUT2D eigenvalue weighted by Crippen LogP contribution is -2.38. The van der Waals surface area contributed by atoms with Crippen molar-refractivity contribution < 1.29 is 14.7 Å². The van der Waals surface area contributed by atoms with Gasteiger partial charge >= 0.3 is 5.97 Å². The average Bonchev–Trinajstić information content (AvgIpc) is 2.86. The SMILES string of the molecule is CC1CCCC1C(=O)N[C@H]1CC[C@@H](C(=O)O)C1. The molecular formula is C13H21NO3. The van der Waals surface area contributed by atoms with Crippen molar-refractivity contribution in [2.24, 2.45) is 17.8 Å². The number of nitrogens with one attached hydrogen (secondary N) is 1. The molecule has 17 heavy (non-hydrogen) atoms. The van der Waals surface area contributed by atoms with Crippen LogP contribution in [-0.2, 0) is 9.59 Å². The Bertz CT molecular complexity index is 316. The van der Waals surface area contributed by atoms with Crippen molar-refractivity contribution in [1.29, 1.82) is 0 Å². The summed E-state index contributed by atoms with van der Waals surface area (Å²) in [7, 11) is 0. The van der Waals surface area contributed by atoms with Crippen molar-refractivity contribution in [3.8, 4) is 0 Å². The van der Waals surface area contributed by atoms with Crippen LogP contribution < -0.4 is 5.32 Å². The fourth-order valence-electron chi connectivity index (χ4n) is 3.18. The monoisotopic (exact) mass is 239 g/mol. The van der Waals surface area contributed by atoms with E-state index in [-0.39, 0.29) is 23.8 Å². The molecule has 2 fully saturated rings. The molecule has 4 heteroatoms. The van der Waals surface area contributed by atoms with Gasteiger partial charge in [-0.25, -0.2) is 0 Å². The van der Waals surface area contributed by atoms with E-state index in [9.17, 15) is 9.59 Å². The fourth-order valence-corrected chi connectivity index (χ4v) is 3.18. The highest BCUT2D eigenvalue weighted by atomic mass is 16.4. The summed E-state index contributed by atoms with van der Waals surface area (Å²) in [5.74, 6) is -0.214. The lowest BCUT2D eigenvalue weighted by molar-refractivity contribution is -0.141. The number of amides is 1. The molecule has 96 valence electrons. The van der Waals surface area contributed by atoms with Gasteiger partial charge in [-0.05, 0) is 38.0 Å². The van der Waals surface area contributed by atoms with Crippen LogP contribution in [-0.4, -0.2) is 23.0 Å². The average molecular weight is 239 g/mol. The molecule has 0 heterocycles. The molecule has 0 aliphatic heterocycles. The first-order valence-electron chi connectivity index (χ1n) is 6.61. The summed E-state index contributed by atoms with van der Waals surface area (Å²) >= 11 is 0. The van der Waals surface area contributed by atoms with Gasteiger partial charge in [0.05, 0.1) is 5.92 Å². The number of carboxylic acids is 1. The Hall–Kier alpha value is -1.06. The van der Waals surface area contributed by atoms with Gasteiger partial charge in [-0.1, -0.05) is 13.3 Å². The second-order valence-corrected chi connectivity index (χ2v) is 5.57. The molecule has 0 saturated heterocycles. The minimum atomic E-state index is -0.726. The summed E-state index contributed by atoms with van der Waals surface area (Å²) in [6, 6.07) is 0.0800. The van der Waals surface area contributed by atoms with Crippen molar-refractivity contribution in [1.82, 2.24) is 5.32 Å². The number of aliphatic carboxylic acids is 1. The minimum Gasteiger partial charge on any atom is -0.481 e. The third-order valence-electron chi connectivity index (χ3n) is 4.33. The highest BCUT2D eigenvalue weighted by Gasteiger charge is 2.34. The summed E-state index contributed by atoms with van der Waals surface area (Å²) in [4.78, 5) is 22.9. The Labute approximate surface area is 102 Å². The van der Waals surface area contributed by atoms with Gasteiger partial charge in [0.2, 0.25) is 5.91 Å². The summed E-state index contributed by atoms with van der Waals surface area (Å²) in [5.41, 5.74) is 0. The van der Waals surface area contributed by atoms with E-state index in [0.717, 1.165) is 25.7 Å². The zero-order valence-corrected chi connectivity index (χ0v) is 10.3. The molecule has 0 aromatic carbocycles. The fraction of sp³-hybridized carbons (Fsp3) is 0.846. The maximum Gasteiger partial charge on any atom is 0.306 e. The maximum absolute atomic E-state index is 12.0. The first-order valence-corrected chi connectivity index (χ1v) is 6.61. The molecule has 4 nitrogen and oxygen atoms in total. The van der Waals surface area contributed by atoms with Crippen LogP contribution in [0, 0.1) is 17.8 Å². The number of carbonyl (C=O) groups excluding carboxylic acids is 1. The Morgan fingerprint density at radius 2 is 1.94 bits per heavy atom. The Morgan fingerprint density at radius 1 is 1.18 bits per heavy atom. The molecule has 0 aromatic heterocycles. The largest absolute Gasteiger partial charge is 0.481 e. The van der Waals surface area contributed by atoms with Gasteiger partial charge in [-0.2, -0.15) is 0 Å². The molecule has 2 aliphatic carbocycles. The van der Waals surface area contributed by atoms with Crippen LogP contribution >= 0.6 is 0 Å². The number of rotatable bonds is 3. The van der Waals surface area contributed by atoms with Crippen LogP contribution in [0.25, 0.3) is 0 Å². The zero-order chi connectivity index (χ0) is 12.4. The van der Waals surface area contributed by atoms with Gasteiger partial charge in [-0.15, -0.1) is 0 Å². The minimum absolute atomic E-state index is 0.0800. The van der Waals surface area contributed by atoms with Crippen molar-refractivity contribution >= 4 is 11.9 Å². The van der Waals surface area contributed by atoms with Crippen molar-refractivity contribution in [2.75, 3.05) is 0 Å². The zero-order valence-electron chi connectivity index (χ0n) is 10.3. The molecule has 2 N–H and O–H groups in total. The van der Waals surface area contributed by atoms with Crippen molar-refractivity contribution in [3.05, 3.63) is 0 Å². The quantitative estimate of drug-likeness (QED) is 0.789. The van der Waals surface area contributed by atoms with Gasteiger partial charge in [0.15, 0.2) is 0 Å². The number of carbonyl (C=O) groups is 2. The molecule has 0 aromatic rings. The highest BCUT2D eigenvalue weighted by molar-refractivity contribution is 5.79. The van der Waals surface area contributed by atoms with E-state index < -0.39 is 5.97 Å².